The molecule has 2 aromatic heterocycles. The number of halogens is 2. The first-order valence-corrected chi connectivity index (χ1v) is 5.93. The summed E-state index contributed by atoms with van der Waals surface area (Å²) < 4.78 is 3.72. The van der Waals surface area contributed by atoms with Crippen LogP contribution in [0.15, 0.2) is 59.1 Å². The molecule has 0 aliphatic carbocycles. The van der Waals surface area contributed by atoms with Crippen LogP contribution in [0, 0.1) is 0 Å². The molecular weight excluding hydrogens is 327 g/mol. The molecule has 0 spiro atoms. The Morgan fingerprint density at radius 3 is 1.41 bits per heavy atom. The topological polar surface area (TPSA) is 72.9 Å². The molecule has 0 bridgehead atoms. The van der Waals surface area contributed by atoms with Crippen molar-refractivity contribution in [2.24, 2.45) is 24.4 Å². The standard InChI is InChI=1S/2C7H8N2O.2ClH/c2*1-9-5-3-2-4-7(9)6-8-10;;/h2*2-6H,1H3;2*1H. The lowest BCUT2D eigenvalue weighted by Gasteiger charge is -1.88. The van der Waals surface area contributed by atoms with Gasteiger partial charge < -0.3 is 35.2 Å². The van der Waals surface area contributed by atoms with Crippen LogP contribution in [0.1, 0.15) is 11.4 Å². The van der Waals surface area contributed by atoms with E-state index in [9.17, 15) is 0 Å². The lowest BCUT2D eigenvalue weighted by molar-refractivity contribution is -0.672. The van der Waals surface area contributed by atoms with E-state index in [1.54, 1.807) is 0 Å². The largest absolute Gasteiger partial charge is 1.00 e. The van der Waals surface area contributed by atoms with Crippen molar-refractivity contribution in [1.82, 2.24) is 0 Å². The van der Waals surface area contributed by atoms with E-state index in [1.807, 2.05) is 72.0 Å². The Labute approximate surface area is 141 Å². The molecule has 0 aromatic carbocycles. The minimum absolute atomic E-state index is 0. The van der Waals surface area contributed by atoms with Crippen molar-refractivity contribution >= 4 is 12.4 Å². The monoisotopic (exact) mass is 344 g/mol. The highest BCUT2D eigenvalue weighted by atomic mass is 35.5. The molecular formula is C14H18Cl2N4O2. The number of rotatable bonds is 2. The van der Waals surface area contributed by atoms with Crippen LogP contribution in [0.2, 0.25) is 0 Å². The summed E-state index contributed by atoms with van der Waals surface area (Å²) >= 11 is 0. The lowest BCUT2D eigenvalue weighted by Crippen LogP contribution is -3.00. The Bertz CT molecular complexity index is 553. The van der Waals surface area contributed by atoms with Gasteiger partial charge in [0.15, 0.2) is 12.4 Å². The first-order chi connectivity index (χ1) is 9.69. The van der Waals surface area contributed by atoms with Gasteiger partial charge >= 0.3 is 0 Å². The van der Waals surface area contributed by atoms with Gasteiger partial charge in [-0.15, -0.1) is 0 Å². The molecule has 0 aliphatic heterocycles. The number of nitrogens with zero attached hydrogens (tertiary/aromatic N) is 4. The van der Waals surface area contributed by atoms with E-state index in [2.05, 4.69) is 10.3 Å². The zero-order chi connectivity index (χ0) is 14.8. The highest BCUT2D eigenvalue weighted by Crippen LogP contribution is 1.85. The van der Waals surface area contributed by atoms with E-state index < -0.39 is 0 Å². The maximum Gasteiger partial charge on any atom is 0.226 e. The van der Waals surface area contributed by atoms with Gasteiger partial charge in [-0.2, -0.15) is 0 Å². The highest BCUT2D eigenvalue weighted by Gasteiger charge is 1.98. The van der Waals surface area contributed by atoms with Gasteiger partial charge in [-0.3, -0.25) is 0 Å². The second kappa shape index (κ2) is 12.6. The van der Waals surface area contributed by atoms with Crippen molar-refractivity contribution in [3.63, 3.8) is 0 Å². The van der Waals surface area contributed by atoms with Gasteiger partial charge in [-0.1, -0.05) is 10.3 Å². The maximum absolute atomic E-state index is 8.20. The fourth-order valence-corrected chi connectivity index (χ4v) is 1.46. The normalized spacial score (nSPS) is 9.55. The smallest absolute Gasteiger partial charge is 0.226 e. The minimum atomic E-state index is 0. The Hall–Kier alpha value is -2.18. The average Bonchev–Trinajstić information content (AvgIpc) is 2.45. The molecule has 0 saturated heterocycles. The predicted octanol–water partition coefficient (Wildman–Crippen LogP) is -5.35. The van der Waals surface area contributed by atoms with Crippen molar-refractivity contribution in [3.8, 4) is 0 Å². The summed E-state index contributed by atoms with van der Waals surface area (Å²) in [6.45, 7) is 0. The van der Waals surface area contributed by atoms with E-state index in [0.29, 0.717) is 0 Å². The first-order valence-electron chi connectivity index (χ1n) is 5.93. The van der Waals surface area contributed by atoms with Gasteiger partial charge in [-0.05, 0) is 12.1 Å². The van der Waals surface area contributed by atoms with Gasteiger partial charge in [0.05, 0.1) is 0 Å². The van der Waals surface area contributed by atoms with Crippen LogP contribution in [0.4, 0.5) is 0 Å². The number of hydrogen-bond donors (Lipinski definition) is 2. The summed E-state index contributed by atoms with van der Waals surface area (Å²) in [7, 11) is 3.77. The number of hydrogen-bond acceptors (Lipinski definition) is 4. The molecule has 8 heteroatoms. The van der Waals surface area contributed by atoms with Gasteiger partial charge in [0.2, 0.25) is 11.4 Å². The fraction of sp³-hybridized carbons (Fsp3) is 0.143. The Kier molecular flexibility index (Phi) is 12.6. The van der Waals surface area contributed by atoms with Gasteiger partial charge in [-0.25, -0.2) is 9.13 Å². The number of aryl methyl sites for hydroxylation is 2. The van der Waals surface area contributed by atoms with E-state index in [-0.39, 0.29) is 24.8 Å². The molecule has 0 aliphatic rings. The quantitative estimate of drug-likeness (QED) is 0.247. The number of oxime groups is 2. The van der Waals surface area contributed by atoms with E-state index >= 15 is 0 Å². The number of pyridine rings is 2. The molecule has 2 aromatic rings. The fourth-order valence-electron chi connectivity index (χ4n) is 1.46. The van der Waals surface area contributed by atoms with Crippen LogP contribution in [0.3, 0.4) is 0 Å². The van der Waals surface area contributed by atoms with Gasteiger partial charge in [0.25, 0.3) is 0 Å². The minimum Gasteiger partial charge on any atom is -1.00 e. The van der Waals surface area contributed by atoms with E-state index in [4.69, 9.17) is 10.4 Å². The zero-order valence-corrected chi connectivity index (χ0v) is 13.7. The van der Waals surface area contributed by atoms with Crippen molar-refractivity contribution in [3.05, 3.63) is 60.2 Å². The summed E-state index contributed by atoms with van der Waals surface area (Å²) in [5, 5.41) is 22.2. The highest BCUT2D eigenvalue weighted by molar-refractivity contribution is 5.74. The first kappa shape index (κ1) is 22.1. The molecule has 2 rings (SSSR count). The lowest BCUT2D eigenvalue weighted by atomic mass is 10.4. The molecule has 0 unspecified atom stereocenters. The van der Waals surface area contributed by atoms with Crippen molar-refractivity contribution in [1.29, 1.82) is 0 Å². The van der Waals surface area contributed by atoms with Crippen LogP contribution < -0.4 is 33.9 Å². The Morgan fingerprint density at radius 1 is 0.773 bits per heavy atom. The SMILES string of the molecule is C[n+]1ccccc1C=NO.C[n+]1ccccc1C=NO.[Cl-].[Cl-]. The molecule has 0 saturated carbocycles. The second-order valence-electron chi connectivity index (χ2n) is 3.96. The second-order valence-corrected chi connectivity index (χ2v) is 3.96. The summed E-state index contributed by atoms with van der Waals surface area (Å²) in [6.07, 6.45) is 6.55. The third kappa shape index (κ3) is 7.56. The van der Waals surface area contributed by atoms with Gasteiger partial charge in [0.1, 0.15) is 26.5 Å². The van der Waals surface area contributed by atoms with Crippen LogP contribution in [0.25, 0.3) is 0 Å². The van der Waals surface area contributed by atoms with Gasteiger partial charge in [0, 0.05) is 24.3 Å². The molecule has 0 amide bonds. The molecule has 0 radical (unpaired) electrons. The van der Waals surface area contributed by atoms with Crippen molar-refractivity contribution in [2.45, 2.75) is 0 Å². The molecule has 2 heterocycles. The molecule has 0 atom stereocenters. The van der Waals surface area contributed by atoms with E-state index in [0.717, 1.165) is 11.4 Å². The van der Waals surface area contributed by atoms with E-state index in [1.165, 1.54) is 12.4 Å². The summed E-state index contributed by atoms with van der Waals surface area (Å²) in [4.78, 5) is 0. The molecule has 0 fully saturated rings. The number of aromatic nitrogens is 2. The Morgan fingerprint density at radius 2 is 1.14 bits per heavy atom. The molecule has 2 N–H and O–H groups in total. The summed E-state index contributed by atoms with van der Waals surface area (Å²) in [6, 6.07) is 11.3. The molecule has 6 nitrogen and oxygen atoms in total. The molecule has 120 valence electrons. The summed E-state index contributed by atoms with van der Waals surface area (Å²) in [5.74, 6) is 0. The maximum atomic E-state index is 8.20. The third-order valence-corrected chi connectivity index (χ3v) is 2.57. The van der Waals surface area contributed by atoms with Crippen molar-refractivity contribution < 1.29 is 44.4 Å². The third-order valence-electron chi connectivity index (χ3n) is 2.57. The Balaban J connectivity index is 0. The van der Waals surface area contributed by atoms with Crippen LogP contribution >= 0.6 is 0 Å². The average molecular weight is 345 g/mol. The van der Waals surface area contributed by atoms with Crippen LogP contribution in [-0.4, -0.2) is 22.8 Å². The van der Waals surface area contributed by atoms with Crippen LogP contribution in [-0.2, 0) is 14.1 Å². The predicted molar refractivity (Wildman–Crippen MR) is 74.0 cm³/mol. The molecule has 22 heavy (non-hydrogen) atoms. The zero-order valence-electron chi connectivity index (χ0n) is 12.2. The summed E-state index contributed by atoms with van der Waals surface area (Å²) in [5.41, 5.74) is 1.73. The van der Waals surface area contributed by atoms with Crippen molar-refractivity contribution in [2.75, 3.05) is 0 Å². The van der Waals surface area contributed by atoms with Crippen LogP contribution in [0.5, 0.6) is 0 Å².